The highest BCUT2D eigenvalue weighted by Gasteiger charge is 2.22. The Morgan fingerprint density at radius 3 is 2.07 bits per heavy atom. The number of amides is 1. The summed E-state index contributed by atoms with van der Waals surface area (Å²) in [6, 6.07) is 23.6. The molecule has 27 heavy (non-hydrogen) atoms. The van der Waals surface area contributed by atoms with Crippen LogP contribution in [-0.2, 0) is 11.2 Å². The van der Waals surface area contributed by atoms with Gasteiger partial charge in [0.2, 0.25) is 0 Å². The van der Waals surface area contributed by atoms with Gasteiger partial charge in [-0.3, -0.25) is 4.79 Å². The van der Waals surface area contributed by atoms with E-state index in [0.717, 1.165) is 20.3 Å². The molecule has 0 saturated carbocycles. The van der Waals surface area contributed by atoms with Crippen LogP contribution < -0.4 is 5.32 Å². The van der Waals surface area contributed by atoms with Gasteiger partial charge >= 0.3 is 5.97 Å². The molecule has 0 unspecified atom stereocenters. The van der Waals surface area contributed by atoms with Crippen LogP contribution in [0.4, 0.5) is 0 Å². The van der Waals surface area contributed by atoms with Crippen molar-refractivity contribution in [2.24, 2.45) is 0 Å². The predicted molar refractivity (Wildman–Crippen MR) is 114 cm³/mol. The van der Waals surface area contributed by atoms with Crippen molar-refractivity contribution in [3.63, 3.8) is 0 Å². The number of rotatable bonds is 6. The molecule has 0 aliphatic carbocycles. The van der Waals surface area contributed by atoms with E-state index < -0.39 is 17.9 Å². The van der Waals surface area contributed by atoms with Gasteiger partial charge in [-0.1, -0.05) is 60.7 Å². The fourth-order valence-corrected chi connectivity index (χ4v) is 3.38. The number of halogens is 1. The first kappa shape index (κ1) is 19.1. The summed E-state index contributed by atoms with van der Waals surface area (Å²) in [5, 5.41) is 12.1. The lowest BCUT2D eigenvalue weighted by molar-refractivity contribution is -0.139. The van der Waals surface area contributed by atoms with Crippen LogP contribution in [0, 0.1) is 3.57 Å². The average molecular weight is 471 g/mol. The molecule has 4 nitrogen and oxygen atoms in total. The SMILES string of the molecule is O=C(N[C@H](Cc1ccccc1I)C(=O)O)c1ccc(-c2ccccc2)cc1. The van der Waals surface area contributed by atoms with Crippen molar-refractivity contribution >= 4 is 34.5 Å². The Morgan fingerprint density at radius 1 is 0.852 bits per heavy atom. The van der Waals surface area contributed by atoms with E-state index >= 15 is 0 Å². The molecule has 0 aromatic heterocycles. The van der Waals surface area contributed by atoms with Crippen LogP contribution in [0.15, 0.2) is 78.9 Å². The maximum Gasteiger partial charge on any atom is 0.326 e. The molecule has 0 aliphatic rings. The van der Waals surface area contributed by atoms with Crippen molar-refractivity contribution in [1.29, 1.82) is 0 Å². The summed E-state index contributed by atoms with van der Waals surface area (Å²) in [4.78, 5) is 24.1. The highest BCUT2D eigenvalue weighted by Crippen LogP contribution is 2.19. The number of carbonyl (C=O) groups excluding carboxylic acids is 1. The zero-order valence-electron chi connectivity index (χ0n) is 14.4. The molecule has 0 bridgehead atoms. The van der Waals surface area contributed by atoms with Gasteiger partial charge in [-0.25, -0.2) is 4.79 Å². The van der Waals surface area contributed by atoms with E-state index in [1.807, 2.05) is 66.7 Å². The second kappa shape index (κ2) is 8.81. The molecule has 0 heterocycles. The molecular weight excluding hydrogens is 453 g/mol. The fraction of sp³-hybridized carbons (Fsp3) is 0.0909. The van der Waals surface area contributed by atoms with Crippen molar-refractivity contribution in [3.8, 4) is 11.1 Å². The third kappa shape index (κ3) is 4.95. The Labute approximate surface area is 171 Å². The van der Waals surface area contributed by atoms with Crippen LogP contribution in [-0.4, -0.2) is 23.0 Å². The number of carboxylic acid groups (broad SMARTS) is 1. The van der Waals surface area contributed by atoms with Crippen LogP contribution in [0.5, 0.6) is 0 Å². The zero-order chi connectivity index (χ0) is 19.2. The van der Waals surface area contributed by atoms with E-state index in [1.54, 1.807) is 12.1 Å². The van der Waals surface area contributed by atoms with E-state index in [0.29, 0.717) is 5.56 Å². The Balaban J connectivity index is 1.72. The van der Waals surface area contributed by atoms with Gasteiger partial charge in [0, 0.05) is 15.6 Å². The number of carbonyl (C=O) groups is 2. The van der Waals surface area contributed by atoms with E-state index in [9.17, 15) is 14.7 Å². The van der Waals surface area contributed by atoms with Crippen molar-refractivity contribution in [1.82, 2.24) is 5.32 Å². The summed E-state index contributed by atoms with van der Waals surface area (Å²) >= 11 is 2.17. The standard InChI is InChI=1S/C22H18INO3/c23-19-9-5-4-8-18(19)14-20(22(26)27)24-21(25)17-12-10-16(11-13-17)15-6-2-1-3-7-15/h1-13,20H,14H2,(H,24,25)(H,26,27)/t20-/m1/s1. The van der Waals surface area contributed by atoms with Crippen molar-refractivity contribution in [2.75, 3.05) is 0 Å². The van der Waals surface area contributed by atoms with Gasteiger partial charge in [0.15, 0.2) is 0 Å². The third-order valence-electron chi connectivity index (χ3n) is 4.24. The maximum atomic E-state index is 12.5. The number of aliphatic carboxylic acids is 1. The molecule has 2 N–H and O–H groups in total. The van der Waals surface area contributed by atoms with E-state index in [4.69, 9.17) is 0 Å². The normalized spacial score (nSPS) is 11.6. The molecule has 136 valence electrons. The van der Waals surface area contributed by atoms with E-state index in [1.165, 1.54) is 0 Å². The first-order valence-corrected chi connectivity index (χ1v) is 9.55. The summed E-state index contributed by atoms with van der Waals surface area (Å²) in [6.45, 7) is 0. The molecule has 3 rings (SSSR count). The molecule has 1 amide bonds. The average Bonchev–Trinajstić information content (AvgIpc) is 2.69. The molecule has 0 aliphatic heterocycles. The van der Waals surface area contributed by atoms with Crippen LogP contribution in [0.3, 0.4) is 0 Å². The topological polar surface area (TPSA) is 66.4 Å². The summed E-state index contributed by atoms with van der Waals surface area (Å²) in [6.07, 6.45) is 0.238. The van der Waals surface area contributed by atoms with Gasteiger partial charge in [0.05, 0.1) is 0 Å². The summed E-state index contributed by atoms with van der Waals surface area (Å²) in [5.74, 6) is -1.45. The number of carboxylic acids is 1. The van der Waals surface area contributed by atoms with Gasteiger partial charge < -0.3 is 10.4 Å². The number of benzene rings is 3. The molecule has 0 saturated heterocycles. The maximum absolute atomic E-state index is 12.5. The highest BCUT2D eigenvalue weighted by atomic mass is 127. The quantitative estimate of drug-likeness (QED) is 0.525. The molecule has 3 aromatic carbocycles. The van der Waals surface area contributed by atoms with Crippen molar-refractivity contribution in [3.05, 3.63) is 93.6 Å². The summed E-state index contributed by atoms with van der Waals surface area (Å²) in [7, 11) is 0. The van der Waals surface area contributed by atoms with Crippen LogP contribution in [0.1, 0.15) is 15.9 Å². The second-order valence-corrected chi connectivity index (χ2v) is 7.27. The zero-order valence-corrected chi connectivity index (χ0v) is 16.6. The lowest BCUT2D eigenvalue weighted by Gasteiger charge is -2.16. The third-order valence-corrected chi connectivity index (χ3v) is 5.29. The number of nitrogens with one attached hydrogen (secondary N) is 1. The summed E-state index contributed by atoms with van der Waals surface area (Å²) < 4.78 is 0.975. The Morgan fingerprint density at radius 2 is 1.44 bits per heavy atom. The minimum absolute atomic E-state index is 0.238. The lowest BCUT2D eigenvalue weighted by Crippen LogP contribution is -2.42. The summed E-state index contributed by atoms with van der Waals surface area (Å²) in [5.41, 5.74) is 3.39. The van der Waals surface area contributed by atoms with Gasteiger partial charge in [-0.15, -0.1) is 0 Å². The molecule has 1 atom stereocenters. The molecule has 0 radical (unpaired) electrons. The van der Waals surface area contributed by atoms with Gasteiger partial charge in [0.25, 0.3) is 5.91 Å². The van der Waals surface area contributed by atoms with Crippen LogP contribution in [0.25, 0.3) is 11.1 Å². The Hall–Kier alpha value is -2.67. The first-order valence-electron chi connectivity index (χ1n) is 8.47. The smallest absolute Gasteiger partial charge is 0.326 e. The second-order valence-electron chi connectivity index (χ2n) is 6.10. The number of hydrogen-bond donors (Lipinski definition) is 2. The fourth-order valence-electron chi connectivity index (χ4n) is 2.77. The van der Waals surface area contributed by atoms with Crippen LogP contribution in [0.2, 0.25) is 0 Å². The Kier molecular flexibility index (Phi) is 6.24. The van der Waals surface area contributed by atoms with Crippen LogP contribution >= 0.6 is 22.6 Å². The van der Waals surface area contributed by atoms with Crippen molar-refractivity contribution in [2.45, 2.75) is 12.5 Å². The molecule has 0 spiro atoms. The van der Waals surface area contributed by atoms with E-state index in [-0.39, 0.29) is 6.42 Å². The van der Waals surface area contributed by atoms with Crippen molar-refractivity contribution < 1.29 is 14.7 Å². The largest absolute Gasteiger partial charge is 0.480 e. The molecule has 3 aromatic rings. The molecular formula is C22H18INO3. The molecule has 5 heteroatoms. The van der Waals surface area contributed by atoms with E-state index in [2.05, 4.69) is 27.9 Å². The highest BCUT2D eigenvalue weighted by molar-refractivity contribution is 14.1. The lowest BCUT2D eigenvalue weighted by atomic mass is 10.0. The predicted octanol–water partition coefficient (Wildman–Crippen LogP) is 4.38. The minimum atomic E-state index is -1.05. The Bertz CT molecular complexity index is 939. The number of hydrogen-bond acceptors (Lipinski definition) is 2. The monoisotopic (exact) mass is 471 g/mol. The first-order chi connectivity index (χ1) is 13.0. The molecule has 0 fully saturated rings. The van der Waals surface area contributed by atoms with Gasteiger partial charge in [-0.2, -0.15) is 0 Å². The van der Waals surface area contributed by atoms with Gasteiger partial charge in [-0.05, 0) is 57.5 Å². The minimum Gasteiger partial charge on any atom is -0.480 e. The van der Waals surface area contributed by atoms with Gasteiger partial charge in [0.1, 0.15) is 6.04 Å².